The molecule has 3 aromatic carbocycles. The van der Waals surface area contributed by atoms with Crippen molar-refractivity contribution in [3.8, 4) is 0 Å². The molecule has 0 fully saturated rings. The Kier molecular flexibility index (Phi) is 16.7. The third-order valence-electron chi connectivity index (χ3n) is 6.95. The molecule has 3 aromatic heterocycles. The van der Waals surface area contributed by atoms with Gasteiger partial charge in [0.1, 0.15) is 0 Å². The van der Waals surface area contributed by atoms with Crippen molar-refractivity contribution in [1.29, 1.82) is 0 Å². The summed E-state index contributed by atoms with van der Waals surface area (Å²) in [6, 6.07) is 17.6. The molecule has 0 aliphatic heterocycles. The molecular weight excluding hydrogens is 743 g/mol. The van der Waals surface area contributed by atoms with E-state index >= 15 is 0 Å². The van der Waals surface area contributed by atoms with E-state index in [1.807, 2.05) is 30.5 Å². The molecule has 50 heavy (non-hydrogen) atoms. The van der Waals surface area contributed by atoms with E-state index in [-0.39, 0.29) is 58.5 Å². The molecule has 0 bridgehead atoms. The molecule has 12 heteroatoms. The molecule has 277 valence electrons. The number of H-pyrrole nitrogens is 3. The molecule has 6 aromatic rings. The van der Waals surface area contributed by atoms with Crippen molar-refractivity contribution >= 4 is 65.7 Å². The second-order valence-electron chi connectivity index (χ2n) is 14.3. The monoisotopic (exact) mass is 795 g/mol. The van der Waals surface area contributed by atoms with E-state index in [0.29, 0.717) is 4.32 Å². The van der Waals surface area contributed by atoms with E-state index in [2.05, 4.69) is 105 Å². The van der Waals surface area contributed by atoms with Crippen LogP contribution in [0.15, 0.2) is 79.3 Å². The molecule has 3 heterocycles. The number of benzene rings is 3. The van der Waals surface area contributed by atoms with Gasteiger partial charge in [-0.15, -0.1) is 0 Å². The van der Waals surface area contributed by atoms with Crippen LogP contribution in [0.2, 0.25) is 0 Å². The van der Waals surface area contributed by atoms with Crippen LogP contribution in [0, 0.1) is 20.2 Å². The number of non-ortho nitro benzene ring substituents is 2. The van der Waals surface area contributed by atoms with Crippen LogP contribution in [-0.4, -0.2) is 29.1 Å². The van der Waals surface area contributed by atoms with E-state index in [4.69, 9.17) is 5.73 Å². The van der Waals surface area contributed by atoms with Crippen LogP contribution in [-0.2, 0) is 27.3 Å². The third kappa shape index (κ3) is 13.0. The molecule has 0 atom stereocenters. The van der Waals surface area contributed by atoms with Gasteiger partial charge in [-0.1, -0.05) is 99.2 Å². The number of nitro benzene ring substituents is 2. The quantitative estimate of drug-likeness (QED) is 0.0450. The Morgan fingerprint density at radius 1 is 0.620 bits per heavy atom. The fraction of sp³-hybridized carbons (Fsp3) is 0.368. The van der Waals surface area contributed by atoms with Crippen molar-refractivity contribution in [3.05, 3.63) is 111 Å². The minimum absolute atomic E-state index is 0. The van der Waals surface area contributed by atoms with Gasteiger partial charge in [-0.25, -0.2) is 0 Å². The van der Waals surface area contributed by atoms with E-state index in [0.717, 1.165) is 33.0 Å². The maximum atomic E-state index is 10.6. The number of alkyl halides is 1. The number of fused-ring (bicyclic) bond motifs is 3. The van der Waals surface area contributed by atoms with Crippen LogP contribution in [0.1, 0.15) is 88.3 Å². The van der Waals surface area contributed by atoms with Gasteiger partial charge in [0.2, 0.25) is 0 Å². The SMILES string of the molecule is C.C.CC(C)(C)Br.CC(C)(C)c1c[nH]c2cc(N)ccc12.CC(C)(C)c1c[nH]c2cc([N+](=O)[O-])ccc12.O=[N+]([O-])c1ccc2cc[nH]c2c1.[NiH]. The number of nitrogens with zero attached hydrogens (tertiary/aromatic N) is 2. The Hall–Kier alpha value is -4.15. The van der Waals surface area contributed by atoms with Gasteiger partial charge in [-0.3, -0.25) is 20.2 Å². The van der Waals surface area contributed by atoms with Gasteiger partial charge >= 0.3 is 16.5 Å². The molecule has 5 N–H and O–H groups in total. The number of hydrogen-bond donors (Lipinski definition) is 4. The average Bonchev–Trinajstić information content (AvgIpc) is 3.69. The number of halogens is 1. The Bertz CT molecular complexity index is 1990. The molecule has 6 rings (SSSR count). The Balaban J connectivity index is 0.000000660. The predicted molar refractivity (Wildman–Crippen MR) is 214 cm³/mol. The number of aromatic amines is 3. The summed E-state index contributed by atoms with van der Waals surface area (Å²) in [7, 11) is 0. The molecule has 0 saturated carbocycles. The summed E-state index contributed by atoms with van der Waals surface area (Å²) in [5, 5.41) is 24.3. The topological polar surface area (TPSA) is 160 Å². The molecule has 0 aliphatic rings. The number of rotatable bonds is 2. The van der Waals surface area contributed by atoms with Crippen molar-refractivity contribution in [1.82, 2.24) is 15.0 Å². The van der Waals surface area contributed by atoms with E-state index in [9.17, 15) is 20.2 Å². The second-order valence-corrected chi connectivity index (χ2v) is 16.6. The van der Waals surface area contributed by atoms with Crippen molar-refractivity contribution < 1.29 is 26.3 Å². The number of hydrogen-bond acceptors (Lipinski definition) is 5. The normalized spacial score (nSPS) is 10.9. The number of nitrogens with two attached hydrogens (primary N) is 1. The van der Waals surface area contributed by atoms with E-state index in [1.54, 1.807) is 24.4 Å². The van der Waals surface area contributed by atoms with Crippen LogP contribution >= 0.6 is 15.9 Å². The van der Waals surface area contributed by atoms with Crippen LogP contribution in [0.25, 0.3) is 32.7 Å². The molecule has 0 unspecified atom stereocenters. The molecule has 0 aliphatic carbocycles. The fourth-order valence-electron chi connectivity index (χ4n) is 4.76. The van der Waals surface area contributed by atoms with Gasteiger partial charge in [0.25, 0.3) is 11.4 Å². The summed E-state index contributed by atoms with van der Waals surface area (Å²) in [5.74, 6) is 0. The van der Waals surface area contributed by atoms with Gasteiger partial charge in [0, 0.05) is 69.2 Å². The van der Waals surface area contributed by atoms with Gasteiger partial charge in [0.05, 0.1) is 20.9 Å². The van der Waals surface area contributed by atoms with Crippen LogP contribution in [0.5, 0.6) is 0 Å². The standard InChI is InChI=1S/C12H14N2O2.C12H16N2.C8H6N2O2.C4H9Br.2CH4.Ni.H/c1-12(2,3)10-7-13-11-6-8(14(15)16)4-5-9(10)11;1-12(2,3)10-7-14-11-6-8(13)4-5-9(10)11;11-10(12)7-2-1-6-3-4-9-8(6)5-7;1-4(2,3)5;;;;/h4-7,13H,1-3H3;4-7,14H,13H2,1-3H3;1-5,9H;1-3H3;2*1H4;;. The summed E-state index contributed by atoms with van der Waals surface area (Å²) in [5.41, 5.74) is 12.2. The van der Waals surface area contributed by atoms with Gasteiger partial charge < -0.3 is 20.7 Å². The fourth-order valence-corrected chi connectivity index (χ4v) is 4.76. The Labute approximate surface area is 314 Å². The van der Waals surface area contributed by atoms with Crippen LogP contribution < -0.4 is 5.73 Å². The number of nitrogens with one attached hydrogen (secondary N) is 3. The first kappa shape index (κ1) is 45.9. The summed E-state index contributed by atoms with van der Waals surface area (Å²) < 4.78 is 0.312. The molecule has 10 nitrogen and oxygen atoms in total. The summed E-state index contributed by atoms with van der Waals surface area (Å²) >= 11 is 3.38. The number of nitro groups is 2. The summed E-state index contributed by atoms with van der Waals surface area (Å²) in [4.78, 5) is 29.5. The number of nitrogen functional groups attached to an aromatic ring is 1. The number of aromatic nitrogens is 3. The van der Waals surface area contributed by atoms with E-state index < -0.39 is 4.92 Å². The zero-order valence-corrected chi connectivity index (χ0v) is 31.4. The molecule has 0 radical (unpaired) electrons. The van der Waals surface area contributed by atoms with Gasteiger partial charge in [0.15, 0.2) is 0 Å². The average molecular weight is 797 g/mol. The first-order valence-electron chi connectivity index (χ1n) is 15.2. The van der Waals surface area contributed by atoms with Crippen molar-refractivity contribution in [3.63, 3.8) is 0 Å². The zero-order chi connectivity index (χ0) is 35.3. The predicted octanol–water partition coefficient (Wildman–Crippen LogP) is 11.7. The van der Waals surface area contributed by atoms with Gasteiger partial charge in [-0.2, -0.15) is 0 Å². The number of anilines is 1. The summed E-state index contributed by atoms with van der Waals surface area (Å²) in [6.07, 6.45) is 5.76. The van der Waals surface area contributed by atoms with Crippen molar-refractivity contribution in [2.45, 2.75) is 92.3 Å². The second kappa shape index (κ2) is 18.2. The zero-order valence-electron chi connectivity index (χ0n) is 28.8. The molecule has 0 saturated heterocycles. The van der Waals surface area contributed by atoms with Gasteiger partial charge in [-0.05, 0) is 57.7 Å². The molecule has 0 amide bonds. The van der Waals surface area contributed by atoms with E-state index in [1.165, 1.54) is 28.6 Å². The summed E-state index contributed by atoms with van der Waals surface area (Å²) in [6.45, 7) is 19.3. The maximum absolute atomic E-state index is 10.6. The first-order chi connectivity index (χ1) is 21.6. The molecule has 0 spiro atoms. The van der Waals surface area contributed by atoms with Crippen LogP contribution in [0.3, 0.4) is 0 Å². The Morgan fingerprint density at radius 2 is 1.02 bits per heavy atom. The first-order valence-corrected chi connectivity index (χ1v) is 16.0. The van der Waals surface area contributed by atoms with Crippen LogP contribution in [0.4, 0.5) is 17.1 Å². The Morgan fingerprint density at radius 3 is 1.46 bits per heavy atom. The molecular formula is C38H54BrN6NiO4. The van der Waals surface area contributed by atoms with Crippen molar-refractivity contribution in [2.24, 2.45) is 0 Å². The minimum atomic E-state index is -0.402. The third-order valence-corrected chi connectivity index (χ3v) is 6.95. The van der Waals surface area contributed by atoms with Crippen molar-refractivity contribution in [2.75, 3.05) is 5.73 Å².